The topological polar surface area (TPSA) is 89.8 Å². The molecule has 200 valence electrons. The van der Waals surface area contributed by atoms with E-state index in [0.717, 1.165) is 64.2 Å². The van der Waals surface area contributed by atoms with Gasteiger partial charge in [-0.2, -0.15) is 0 Å². The van der Waals surface area contributed by atoms with Crippen LogP contribution in [0.25, 0.3) is 0 Å². The predicted molar refractivity (Wildman–Crippen MR) is 137 cm³/mol. The summed E-state index contributed by atoms with van der Waals surface area (Å²) in [5.41, 5.74) is -0.0644. The molecule has 5 fully saturated rings. The van der Waals surface area contributed by atoms with E-state index < -0.39 is 0 Å². The van der Waals surface area contributed by atoms with Crippen LogP contribution in [0.3, 0.4) is 0 Å². The molecule has 5 nitrogen and oxygen atoms in total. The maximum absolute atomic E-state index is 12.7. The van der Waals surface area contributed by atoms with Crippen molar-refractivity contribution in [1.82, 2.24) is 5.32 Å². The van der Waals surface area contributed by atoms with Crippen LogP contribution in [0.15, 0.2) is 0 Å². The Bertz CT molecular complexity index is 767. The first-order chi connectivity index (χ1) is 16.6. The smallest absolute Gasteiger partial charge is 0.220 e. The van der Waals surface area contributed by atoms with Gasteiger partial charge in [0.2, 0.25) is 5.91 Å². The van der Waals surface area contributed by atoms with Crippen LogP contribution in [0.2, 0.25) is 0 Å². The summed E-state index contributed by atoms with van der Waals surface area (Å²) < 4.78 is 0. The van der Waals surface area contributed by atoms with Gasteiger partial charge >= 0.3 is 0 Å². The fraction of sp³-hybridized carbons (Fsp3) is 0.967. The number of amides is 1. The van der Waals surface area contributed by atoms with Crippen molar-refractivity contribution in [2.45, 2.75) is 135 Å². The first kappa shape index (κ1) is 26.0. The summed E-state index contributed by atoms with van der Waals surface area (Å²) in [6.45, 7) is 6.99. The van der Waals surface area contributed by atoms with Crippen molar-refractivity contribution in [3.05, 3.63) is 0 Å². The molecule has 5 heteroatoms. The van der Waals surface area contributed by atoms with Crippen LogP contribution in [0.4, 0.5) is 0 Å². The van der Waals surface area contributed by atoms with Gasteiger partial charge in [-0.15, -0.1) is 0 Å². The summed E-state index contributed by atoms with van der Waals surface area (Å²) in [6.07, 6.45) is 13.0. The van der Waals surface area contributed by atoms with Gasteiger partial charge < -0.3 is 20.6 Å². The zero-order chi connectivity index (χ0) is 25.0. The molecular weight excluding hydrogens is 438 g/mol. The highest BCUT2D eigenvalue weighted by Crippen LogP contribution is 2.68. The van der Waals surface area contributed by atoms with E-state index in [1.807, 2.05) is 0 Å². The molecule has 0 saturated heterocycles. The van der Waals surface area contributed by atoms with E-state index in [9.17, 15) is 20.1 Å². The molecule has 5 rings (SSSR count). The Morgan fingerprint density at radius 2 is 1.69 bits per heavy atom. The zero-order valence-corrected chi connectivity index (χ0v) is 22.4. The highest BCUT2D eigenvalue weighted by molar-refractivity contribution is 5.76. The molecule has 0 aromatic carbocycles. The van der Waals surface area contributed by atoms with E-state index in [1.54, 1.807) is 0 Å². The first-order valence-electron chi connectivity index (χ1n) is 15.0. The lowest BCUT2D eigenvalue weighted by atomic mass is 9.43. The lowest BCUT2D eigenvalue weighted by Crippen LogP contribution is -2.62. The van der Waals surface area contributed by atoms with Crippen LogP contribution < -0.4 is 5.32 Å². The molecule has 0 radical (unpaired) electrons. The van der Waals surface area contributed by atoms with Crippen LogP contribution in [0.5, 0.6) is 0 Å². The molecule has 5 aliphatic carbocycles. The second-order valence-electron chi connectivity index (χ2n) is 13.9. The summed E-state index contributed by atoms with van der Waals surface area (Å²) in [5.74, 6) is 2.30. The molecule has 0 bridgehead atoms. The molecule has 11 atom stereocenters. The Kier molecular flexibility index (Phi) is 7.35. The van der Waals surface area contributed by atoms with Gasteiger partial charge in [0.05, 0.1) is 18.3 Å². The van der Waals surface area contributed by atoms with E-state index in [0.29, 0.717) is 42.1 Å². The lowest BCUT2D eigenvalue weighted by Gasteiger charge is -2.63. The van der Waals surface area contributed by atoms with Crippen molar-refractivity contribution >= 4 is 5.91 Å². The van der Waals surface area contributed by atoms with Gasteiger partial charge in [0.15, 0.2) is 0 Å². The molecule has 0 aliphatic heterocycles. The number of fused-ring (bicyclic) bond motifs is 5. The highest BCUT2D eigenvalue weighted by atomic mass is 16.3. The van der Waals surface area contributed by atoms with Crippen molar-refractivity contribution in [2.75, 3.05) is 0 Å². The van der Waals surface area contributed by atoms with E-state index in [-0.39, 0.29) is 41.0 Å². The minimum Gasteiger partial charge on any atom is -0.393 e. The molecule has 0 spiro atoms. The van der Waals surface area contributed by atoms with E-state index >= 15 is 0 Å². The standard InChI is InChI=1S/C30H51NO4/c1-18(9-12-27(35)31-20-7-5-4-6-8-20)22-10-11-23-28-24(17-26(34)30(22,23)3)29(2)14-13-21(32)15-19(29)16-25(28)33/h18-26,28,32-34H,4-17H2,1-3H3,(H,31,35)/t18-,19+,21-,22-,23+,24+,25-,26+,28+,29+,30-/m1/s1. The largest absolute Gasteiger partial charge is 0.393 e. The third-order valence-electron chi connectivity index (χ3n) is 12.3. The Morgan fingerprint density at radius 3 is 2.43 bits per heavy atom. The third-order valence-corrected chi connectivity index (χ3v) is 12.3. The van der Waals surface area contributed by atoms with Crippen LogP contribution in [-0.2, 0) is 4.79 Å². The molecule has 0 heterocycles. The molecule has 35 heavy (non-hydrogen) atoms. The quantitative estimate of drug-likeness (QED) is 0.446. The van der Waals surface area contributed by atoms with E-state index in [1.165, 1.54) is 19.3 Å². The van der Waals surface area contributed by atoms with Crippen LogP contribution >= 0.6 is 0 Å². The first-order valence-corrected chi connectivity index (χ1v) is 15.0. The number of hydrogen-bond acceptors (Lipinski definition) is 4. The van der Waals surface area contributed by atoms with Gasteiger partial charge in [-0.3, -0.25) is 4.79 Å². The summed E-state index contributed by atoms with van der Waals surface area (Å²) in [5, 5.41) is 36.7. The van der Waals surface area contributed by atoms with E-state index in [2.05, 4.69) is 26.1 Å². The summed E-state index contributed by atoms with van der Waals surface area (Å²) in [4.78, 5) is 12.7. The van der Waals surface area contributed by atoms with Crippen molar-refractivity contribution in [1.29, 1.82) is 0 Å². The van der Waals surface area contributed by atoms with Crippen molar-refractivity contribution < 1.29 is 20.1 Å². The van der Waals surface area contributed by atoms with Gasteiger partial charge in [0.1, 0.15) is 0 Å². The average molecular weight is 490 g/mol. The lowest BCUT2D eigenvalue weighted by molar-refractivity contribution is -0.207. The second-order valence-corrected chi connectivity index (χ2v) is 13.9. The van der Waals surface area contributed by atoms with Gasteiger partial charge in [0, 0.05) is 12.5 Å². The van der Waals surface area contributed by atoms with Gasteiger partial charge in [-0.05, 0) is 111 Å². The second kappa shape index (κ2) is 9.91. The van der Waals surface area contributed by atoms with Gasteiger partial charge in [-0.1, -0.05) is 40.0 Å². The maximum Gasteiger partial charge on any atom is 0.220 e. The Balaban J connectivity index is 1.26. The fourth-order valence-corrected chi connectivity index (χ4v) is 10.2. The van der Waals surface area contributed by atoms with Crippen LogP contribution in [-0.4, -0.2) is 45.6 Å². The SMILES string of the molecule is C[C@H](CCC(=O)NC1CCCCC1)[C@H]1CC[C@H]2[C@@H]3[C@H](O)C[C@@H]4C[C@H](O)CC[C@]4(C)[C@H]3C[C@H](O)[C@]12C. The van der Waals surface area contributed by atoms with Crippen molar-refractivity contribution in [3.8, 4) is 0 Å². The number of rotatable bonds is 5. The average Bonchev–Trinajstić information content (AvgIpc) is 3.18. The van der Waals surface area contributed by atoms with Gasteiger partial charge in [-0.25, -0.2) is 0 Å². The number of aliphatic hydroxyl groups excluding tert-OH is 3. The molecule has 0 unspecified atom stereocenters. The van der Waals surface area contributed by atoms with Gasteiger partial charge in [0.25, 0.3) is 0 Å². The number of nitrogens with one attached hydrogen (secondary N) is 1. The number of aliphatic hydroxyl groups is 3. The summed E-state index contributed by atoms with van der Waals surface area (Å²) >= 11 is 0. The Hall–Kier alpha value is -0.650. The molecular formula is C30H51NO4. The van der Waals surface area contributed by atoms with E-state index in [4.69, 9.17) is 0 Å². The molecule has 0 aromatic heterocycles. The third kappa shape index (κ3) is 4.50. The maximum atomic E-state index is 12.7. The number of carbonyl (C=O) groups is 1. The fourth-order valence-electron chi connectivity index (χ4n) is 10.2. The van der Waals surface area contributed by atoms with Crippen LogP contribution in [0.1, 0.15) is 111 Å². The molecule has 4 N–H and O–H groups in total. The highest BCUT2D eigenvalue weighted by Gasteiger charge is 2.65. The Morgan fingerprint density at radius 1 is 0.943 bits per heavy atom. The molecule has 0 aromatic rings. The Labute approximate surface area is 212 Å². The minimum atomic E-state index is -0.352. The predicted octanol–water partition coefficient (Wildman–Crippen LogP) is 4.81. The van der Waals surface area contributed by atoms with Crippen LogP contribution in [0, 0.1) is 46.3 Å². The minimum absolute atomic E-state index is 0.117. The zero-order valence-electron chi connectivity index (χ0n) is 22.4. The number of hydrogen-bond donors (Lipinski definition) is 4. The summed E-state index contributed by atoms with van der Waals surface area (Å²) in [6, 6.07) is 0.371. The molecule has 1 amide bonds. The van der Waals surface area contributed by atoms with Crippen molar-refractivity contribution in [2.24, 2.45) is 46.3 Å². The summed E-state index contributed by atoms with van der Waals surface area (Å²) in [7, 11) is 0. The molecule has 5 saturated carbocycles. The van der Waals surface area contributed by atoms with Crippen molar-refractivity contribution in [3.63, 3.8) is 0 Å². The molecule has 5 aliphatic rings. The monoisotopic (exact) mass is 489 g/mol. The number of carbonyl (C=O) groups excluding carboxylic acids is 1. The normalized spacial score (nSPS) is 49.0.